The summed E-state index contributed by atoms with van der Waals surface area (Å²) in [5.74, 6) is 0.673. The number of rotatable bonds is 4. The standard InChI is InChI=1S/C12H17N3O3S2/c1-14(5-9-6-20-8-13-9)12(18)15-2-3-19-7-10(15)4-11(16)17/h6,8,10H,2-5,7H2,1H3,(H,16,17). The van der Waals surface area contributed by atoms with Gasteiger partial charge in [0, 0.05) is 30.5 Å². The first-order chi connectivity index (χ1) is 9.58. The molecule has 1 aliphatic heterocycles. The van der Waals surface area contributed by atoms with Crippen LogP contribution in [0.25, 0.3) is 0 Å². The molecule has 1 saturated heterocycles. The van der Waals surface area contributed by atoms with Gasteiger partial charge in [0.25, 0.3) is 0 Å². The van der Waals surface area contributed by atoms with Crippen molar-refractivity contribution in [2.45, 2.75) is 19.0 Å². The molecule has 1 atom stereocenters. The minimum atomic E-state index is -0.863. The van der Waals surface area contributed by atoms with E-state index >= 15 is 0 Å². The number of aliphatic carboxylic acids is 1. The summed E-state index contributed by atoms with van der Waals surface area (Å²) in [4.78, 5) is 30.8. The number of amides is 2. The molecule has 110 valence electrons. The van der Waals surface area contributed by atoms with E-state index in [2.05, 4.69) is 4.98 Å². The SMILES string of the molecule is CN(Cc1cscn1)C(=O)N1CCSCC1CC(=O)O. The molecule has 1 unspecified atom stereocenters. The highest BCUT2D eigenvalue weighted by atomic mass is 32.2. The van der Waals surface area contributed by atoms with Gasteiger partial charge in [-0.05, 0) is 0 Å². The number of carbonyl (C=O) groups is 2. The van der Waals surface area contributed by atoms with E-state index in [9.17, 15) is 9.59 Å². The summed E-state index contributed by atoms with van der Waals surface area (Å²) >= 11 is 3.19. The number of carbonyl (C=O) groups excluding carboxylic acids is 1. The van der Waals surface area contributed by atoms with Gasteiger partial charge in [-0.25, -0.2) is 9.78 Å². The minimum absolute atomic E-state index is 0.00326. The van der Waals surface area contributed by atoms with Crippen LogP contribution in [0.1, 0.15) is 12.1 Å². The molecule has 0 bridgehead atoms. The molecule has 2 amide bonds. The summed E-state index contributed by atoms with van der Waals surface area (Å²) in [7, 11) is 1.72. The summed E-state index contributed by atoms with van der Waals surface area (Å²) < 4.78 is 0. The number of aromatic nitrogens is 1. The number of thioether (sulfide) groups is 1. The largest absolute Gasteiger partial charge is 0.481 e. The summed E-state index contributed by atoms with van der Waals surface area (Å²) in [5, 5.41) is 10.8. The molecule has 0 saturated carbocycles. The lowest BCUT2D eigenvalue weighted by molar-refractivity contribution is -0.138. The van der Waals surface area contributed by atoms with E-state index < -0.39 is 5.97 Å². The van der Waals surface area contributed by atoms with Gasteiger partial charge in [-0.3, -0.25) is 4.79 Å². The van der Waals surface area contributed by atoms with E-state index in [1.54, 1.807) is 34.1 Å². The van der Waals surface area contributed by atoms with Crippen LogP contribution in [0.4, 0.5) is 4.79 Å². The smallest absolute Gasteiger partial charge is 0.320 e. The van der Waals surface area contributed by atoms with Crippen LogP contribution in [0, 0.1) is 0 Å². The second-order valence-corrected chi connectivity index (χ2v) is 6.51. The summed E-state index contributed by atoms with van der Waals surface area (Å²) in [6.07, 6.45) is 0.00326. The van der Waals surface area contributed by atoms with Crippen LogP contribution in [0.15, 0.2) is 10.9 Å². The summed E-state index contributed by atoms with van der Waals surface area (Å²) in [6, 6.07) is -0.346. The Kier molecular flexibility index (Phi) is 5.24. The van der Waals surface area contributed by atoms with Gasteiger partial charge < -0.3 is 14.9 Å². The first-order valence-electron chi connectivity index (χ1n) is 6.26. The highest BCUT2D eigenvalue weighted by Crippen LogP contribution is 2.20. The molecule has 1 N–H and O–H groups in total. The number of carboxylic acids is 1. The zero-order chi connectivity index (χ0) is 14.5. The van der Waals surface area contributed by atoms with E-state index in [1.165, 1.54) is 11.3 Å². The number of hydrogen-bond donors (Lipinski definition) is 1. The van der Waals surface area contributed by atoms with E-state index in [0.29, 0.717) is 18.8 Å². The number of nitrogens with zero attached hydrogens (tertiary/aromatic N) is 3. The molecule has 1 fully saturated rings. The molecular weight excluding hydrogens is 298 g/mol. The molecule has 0 radical (unpaired) electrons. The number of thiazole rings is 1. The van der Waals surface area contributed by atoms with Crippen molar-refractivity contribution in [3.8, 4) is 0 Å². The molecule has 1 aromatic rings. The van der Waals surface area contributed by atoms with E-state index in [0.717, 1.165) is 11.4 Å². The van der Waals surface area contributed by atoms with E-state index in [-0.39, 0.29) is 18.5 Å². The molecule has 20 heavy (non-hydrogen) atoms. The van der Waals surface area contributed by atoms with Crippen molar-refractivity contribution in [2.75, 3.05) is 25.1 Å². The Labute approximate surface area is 125 Å². The first kappa shape index (κ1) is 15.1. The lowest BCUT2D eigenvalue weighted by Gasteiger charge is -2.37. The van der Waals surface area contributed by atoms with E-state index in [1.807, 2.05) is 5.38 Å². The zero-order valence-corrected chi connectivity index (χ0v) is 12.8. The Hall–Kier alpha value is -1.28. The molecule has 0 spiro atoms. The average molecular weight is 315 g/mol. The van der Waals surface area contributed by atoms with Gasteiger partial charge in [0.1, 0.15) is 0 Å². The molecule has 0 aliphatic carbocycles. The summed E-state index contributed by atoms with van der Waals surface area (Å²) in [6.45, 7) is 1.05. The van der Waals surface area contributed by atoms with Crippen LogP contribution in [0.2, 0.25) is 0 Å². The van der Waals surface area contributed by atoms with Gasteiger partial charge in [-0.2, -0.15) is 11.8 Å². The third-order valence-corrected chi connectivity index (χ3v) is 4.82. The Morgan fingerprint density at radius 2 is 2.40 bits per heavy atom. The van der Waals surface area contributed by atoms with Crippen molar-refractivity contribution in [3.63, 3.8) is 0 Å². The minimum Gasteiger partial charge on any atom is -0.481 e. The Balaban J connectivity index is 1.99. The Morgan fingerprint density at radius 1 is 1.60 bits per heavy atom. The molecule has 0 aromatic carbocycles. The van der Waals surface area contributed by atoms with Crippen molar-refractivity contribution >= 4 is 35.1 Å². The van der Waals surface area contributed by atoms with Crippen molar-refractivity contribution in [1.82, 2.24) is 14.8 Å². The lowest BCUT2D eigenvalue weighted by atomic mass is 10.2. The molecule has 2 heterocycles. The van der Waals surface area contributed by atoms with Crippen molar-refractivity contribution in [2.24, 2.45) is 0 Å². The molecule has 2 rings (SSSR count). The maximum absolute atomic E-state index is 12.4. The highest BCUT2D eigenvalue weighted by Gasteiger charge is 2.30. The second-order valence-electron chi connectivity index (χ2n) is 4.64. The van der Waals surface area contributed by atoms with Gasteiger partial charge in [0.15, 0.2) is 0 Å². The third kappa shape index (κ3) is 3.86. The summed E-state index contributed by atoms with van der Waals surface area (Å²) in [5.41, 5.74) is 2.59. The van der Waals surface area contributed by atoms with Crippen LogP contribution >= 0.6 is 23.1 Å². The quantitative estimate of drug-likeness (QED) is 0.913. The lowest BCUT2D eigenvalue weighted by Crippen LogP contribution is -2.51. The van der Waals surface area contributed by atoms with Crippen LogP contribution in [-0.4, -0.2) is 63.0 Å². The second kappa shape index (κ2) is 6.94. The number of carboxylic acid groups (broad SMARTS) is 1. The van der Waals surface area contributed by atoms with E-state index in [4.69, 9.17) is 5.11 Å². The fourth-order valence-electron chi connectivity index (χ4n) is 2.12. The fraction of sp³-hybridized carbons (Fsp3) is 0.583. The molecule has 1 aromatic heterocycles. The normalized spacial score (nSPS) is 18.9. The fourth-order valence-corrected chi connectivity index (χ4v) is 3.73. The first-order valence-corrected chi connectivity index (χ1v) is 8.36. The van der Waals surface area contributed by atoms with Crippen LogP contribution in [-0.2, 0) is 11.3 Å². The van der Waals surface area contributed by atoms with Crippen LogP contribution in [0.3, 0.4) is 0 Å². The molecule has 6 nitrogen and oxygen atoms in total. The third-order valence-electron chi connectivity index (χ3n) is 3.09. The zero-order valence-electron chi connectivity index (χ0n) is 11.2. The predicted molar refractivity (Wildman–Crippen MR) is 79.0 cm³/mol. The van der Waals surface area contributed by atoms with Crippen LogP contribution in [0.5, 0.6) is 0 Å². The van der Waals surface area contributed by atoms with Crippen molar-refractivity contribution < 1.29 is 14.7 Å². The predicted octanol–water partition coefficient (Wildman–Crippen LogP) is 1.59. The Morgan fingerprint density at radius 3 is 3.05 bits per heavy atom. The van der Waals surface area contributed by atoms with Crippen molar-refractivity contribution in [3.05, 3.63) is 16.6 Å². The maximum atomic E-state index is 12.4. The maximum Gasteiger partial charge on any atom is 0.320 e. The highest BCUT2D eigenvalue weighted by molar-refractivity contribution is 7.99. The van der Waals surface area contributed by atoms with Gasteiger partial charge in [0.05, 0.1) is 30.2 Å². The molecule has 1 aliphatic rings. The van der Waals surface area contributed by atoms with Crippen molar-refractivity contribution in [1.29, 1.82) is 0 Å². The number of urea groups is 1. The van der Waals surface area contributed by atoms with Gasteiger partial charge in [-0.15, -0.1) is 11.3 Å². The average Bonchev–Trinajstić information content (AvgIpc) is 2.90. The number of hydrogen-bond acceptors (Lipinski definition) is 5. The van der Waals surface area contributed by atoms with Gasteiger partial charge in [0.2, 0.25) is 0 Å². The molecule has 8 heteroatoms. The Bertz CT molecular complexity index is 467. The topological polar surface area (TPSA) is 73.7 Å². The monoisotopic (exact) mass is 315 g/mol. The van der Waals surface area contributed by atoms with Crippen LogP contribution < -0.4 is 0 Å². The van der Waals surface area contributed by atoms with Gasteiger partial charge >= 0.3 is 12.0 Å². The van der Waals surface area contributed by atoms with Gasteiger partial charge in [-0.1, -0.05) is 0 Å². The molecular formula is C12H17N3O3S2.